The second-order valence-electron chi connectivity index (χ2n) is 9.86. The summed E-state index contributed by atoms with van der Waals surface area (Å²) >= 11 is 0. The average Bonchev–Trinajstić information content (AvgIpc) is 3.13. The normalized spacial score (nSPS) is 31.1. The summed E-state index contributed by atoms with van der Waals surface area (Å²) in [6, 6.07) is 3.75. The number of halogens is 4. The molecule has 2 fully saturated rings. The number of methoxy groups -OCH3 is 2. The molecule has 0 saturated heterocycles. The van der Waals surface area contributed by atoms with Crippen LogP contribution in [0.25, 0.3) is 11.1 Å². The van der Waals surface area contributed by atoms with Gasteiger partial charge in [-0.15, -0.1) is 0 Å². The molecule has 2 aromatic rings. The van der Waals surface area contributed by atoms with E-state index in [4.69, 9.17) is 9.47 Å². The van der Waals surface area contributed by atoms with Gasteiger partial charge in [0.1, 0.15) is 5.75 Å². The minimum absolute atomic E-state index is 0.0647. The molecule has 5 atom stereocenters. The molecule has 0 bridgehead atoms. The largest absolute Gasteiger partial charge is 0.496 e. The molecule has 0 heterocycles. The van der Waals surface area contributed by atoms with E-state index in [-0.39, 0.29) is 34.8 Å². The van der Waals surface area contributed by atoms with Gasteiger partial charge in [-0.3, -0.25) is 0 Å². The van der Waals surface area contributed by atoms with Gasteiger partial charge in [-0.1, -0.05) is 6.92 Å². The summed E-state index contributed by atoms with van der Waals surface area (Å²) in [5.74, 6) is -4.16. The summed E-state index contributed by atoms with van der Waals surface area (Å²) in [6.45, 7) is 2.34. The number of hydrogen-bond donors (Lipinski definition) is 0. The summed E-state index contributed by atoms with van der Waals surface area (Å²) in [7, 11) is 3.19. The van der Waals surface area contributed by atoms with Crippen LogP contribution in [0.3, 0.4) is 0 Å². The van der Waals surface area contributed by atoms with E-state index in [1.807, 2.05) is 0 Å². The molecule has 0 spiro atoms. The lowest BCUT2D eigenvalue weighted by Crippen LogP contribution is -2.44. The third kappa shape index (κ3) is 3.01. The van der Waals surface area contributed by atoms with Crippen molar-refractivity contribution in [3.05, 3.63) is 52.6 Å². The summed E-state index contributed by atoms with van der Waals surface area (Å²) in [4.78, 5) is 0. The Morgan fingerprint density at radius 1 is 0.906 bits per heavy atom. The molecule has 32 heavy (non-hydrogen) atoms. The molecule has 2 nitrogen and oxygen atoms in total. The Balaban J connectivity index is 1.62. The second-order valence-corrected chi connectivity index (χ2v) is 9.86. The molecule has 3 aliphatic carbocycles. The fourth-order valence-electron chi connectivity index (χ4n) is 7.11. The molecule has 2 aromatic carbocycles. The number of fused-ring (bicyclic) bond motifs is 5. The predicted molar refractivity (Wildman–Crippen MR) is 114 cm³/mol. The fraction of sp³-hybridized carbons (Fsp3) is 0.538. The molecule has 172 valence electrons. The van der Waals surface area contributed by atoms with Crippen molar-refractivity contribution < 1.29 is 27.0 Å². The first-order valence-corrected chi connectivity index (χ1v) is 11.4. The Hall–Kier alpha value is -2.08. The Labute approximate surface area is 185 Å². The first kappa shape index (κ1) is 21.7. The number of ether oxygens (including phenoxy) is 2. The van der Waals surface area contributed by atoms with Crippen molar-refractivity contribution in [3.63, 3.8) is 0 Å². The summed E-state index contributed by atoms with van der Waals surface area (Å²) in [6.07, 6.45) is 6.31. The van der Waals surface area contributed by atoms with E-state index in [9.17, 15) is 17.6 Å². The Kier molecular flexibility index (Phi) is 5.27. The molecule has 0 N–H and O–H groups in total. The van der Waals surface area contributed by atoms with Crippen molar-refractivity contribution >= 4 is 0 Å². The lowest BCUT2D eigenvalue weighted by molar-refractivity contribution is -0.0444. The van der Waals surface area contributed by atoms with Crippen LogP contribution < -0.4 is 4.74 Å². The Morgan fingerprint density at radius 3 is 2.28 bits per heavy atom. The van der Waals surface area contributed by atoms with Crippen LogP contribution in [0, 0.1) is 40.5 Å². The van der Waals surface area contributed by atoms with Crippen molar-refractivity contribution in [2.24, 2.45) is 17.3 Å². The van der Waals surface area contributed by atoms with Crippen LogP contribution in [-0.2, 0) is 11.2 Å². The minimum atomic E-state index is -1.42. The highest BCUT2D eigenvalue weighted by molar-refractivity contribution is 5.74. The zero-order chi connectivity index (χ0) is 22.8. The van der Waals surface area contributed by atoms with E-state index in [0.29, 0.717) is 11.8 Å². The van der Waals surface area contributed by atoms with Crippen molar-refractivity contribution in [3.8, 4) is 16.9 Å². The van der Waals surface area contributed by atoms with E-state index in [1.54, 1.807) is 19.2 Å². The predicted octanol–water partition coefficient (Wildman–Crippen LogP) is 6.79. The maximum atomic E-state index is 14.7. The Bertz CT molecular complexity index is 1040. The number of benzene rings is 2. The second kappa shape index (κ2) is 7.75. The topological polar surface area (TPSA) is 18.5 Å². The van der Waals surface area contributed by atoms with E-state index in [0.717, 1.165) is 49.7 Å². The fourth-order valence-corrected chi connectivity index (χ4v) is 7.11. The summed E-state index contributed by atoms with van der Waals surface area (Å²) in [5, 5.41) is 0. The van der Waals surface area contributed by atoms with Crippen LogP contribution in [0.2, 0.25) is 0 Å². The third-order valence-corrected chi connectivity index (χ3v) is 8.62. The molecular formula is C26H28F4O2. The van der Waals surface area contributed by atoms with Gasteiger partial charge in [0.2, 0.25) is 0 Å². The van der Waals surface area contributed by atoms with Crippen LogP contribution in [0.1, 0.15) is 56.1 Å². The maximum Gasteiger partial charge on any atom is 0.169 e. The number of rotatable bonds is 3. The van der Waals surface area contributed by atoms with Crippen LogP contribution in [0.15, 0.2) is 18.2 Å². The van der Waals surface area contributed by atoms with Crippen LogP contribution in [0.4, 0.5) is 17.6 Å². The molecule has 6 heteroatoms. The van der Waals surface area contributed by atoms with Gasteiger partial charge in [0, 0.05) is 18.7 Å². The zero-order valence-corrected chi connectivity index (χ0v) is 18.6. The molecule has 0 aliphatic heterocycles. The lowest BCUT2D eigenvalue weighted by Gasteiger charge is -2.50. The van der Waals surface area contributed by atoms with E-state index in [2.05, 4.69) is 6.92 Å². The van der Waals surface area contributed by atoms with Crippen molar-refractivity contribution in [1.82, 2.24) is 0 Å². The van der Waals surface area contributed by atoms with Gasteiger partial charge in [0.25, 0.3) is 0 Å². The highest BCUT2D eigenvalue weighted by Crippen LogP contribution is 2.62. The molecule has 5 rings (SSSR count). The van der Waals surface area contributed by atoms with Crippen molar-refractivity contribution in [2.45, 2.75) is 57.5 Å². The quantitative estimate of drug-likeness (QED) is 0.380. The van der Waals surface area contributed by atoms with E-state index in [1.165, 1.54) is 7.11 Å². The zero-order valence-electron chi connectivity index (χ0n) is 18.6. The summed E-state index contributed by atoms with van der Waals surface area (Å²) in [5.41, 5.74) is 1.63. The smallest absolute Gasteiger partial charge is 0.169 e. The average molecular weight is 449 g/mol. The Morgan fingerprint density at radius 2 is 1.62 bits per heavy atom. The van der Waals surface area contributed by atoms with Gasteiger partial charge in [-0.2, -0.15) is 0 Å². The molecule has 0 radical (unpaired) electrons. The minimum Gasteiger partial charge on any atom is -0.496 e. The van der Waals surface area contributed by atoms with E-state index >= 15 is 0 Å². The van der Waals surface area contributed by atoms with Crippen LogP contribution in [0.5, 0.6) is 5.75 Å². The van der Waals surface area contributed by atoms with Crippen molar-refractivity contribution in [1.29, 1.82) is 0 Å². The van der Waals surface area contributed by atoms with Gasteiger partial charge in [-0.05, 0) is 85.0 Å². The van der Waals surface area contributed by atoms with Gasteiger partial charge in [-0.25, -0.2) is 17.6 Å². The van der Waals surface area contributed by atoms with Crippen LogP contribution in [-0.4, -0.2) is 20.3 Å². The molecule has 0 aromatic heterocycles. The first-order valence-electron chi connectivity index (χ1n) is 11.4. The van der Waals surface area contributed by atoms with Crippen molar-refractivity contribution in [2.75, 3.05) is 14.2 Å². The first-order chi connectivity index (χ1) is 15.3. The van der Waals surface area contributed by atoms with Crippen LogP contribution >= 0.6 is 0 Å². The standard InChI is InChI=1S/C26H28F4O2/c1-26-9-8-14-15(18(26)6-7-22(26)32-3)5-4-13-10-21(31-2)17(11-16(13)14)23-24(29)19(27)12-20(28)25(23)30/h10-12,14-15,18,22H,4-9H2,1-3H3/t14-,15+,18-,22-,26-/m0/s1. The molecule has 2 saturated carbocycles. The molecule has 3 aliphatic rings. The number of aryl methyl sites for hydroxylation is 1. The molecular weight excluding hydrogens is 420 g/mol. The van der Waals surface area contributed by atoms with Gasteiger partial charge in [0.15, 0.2) is 23.3 Å². The van der Waals surface area contributed by atoms with Gasteiger partial charge < -0.3 is 9.47 Å². The summed E-state index contributed by atoms with van der Waals surface area (Å²) < 4.78 is 68.5. The SMILES string of the molecule is COc1cc2c(cc1-c1c(F)c(F)cc(F)c1F)[C@H]1CC[C@]3(C)[C@@H](OC)CC[C@H]3[C@@H]1CC2. The van der Waals surface area contributed by atoms with E-state index < -0.39 is 28.8 Å². The number of hydrogen-bond acceptors (Lipinski definition) is 2. The highest BCUT2D eigenvalue weighted by atomic mass is 19.2. The maximum absolute atomic E-state index is 14.7. The highest BCUT2D eigenvalue weighted by Gasteiger charge is 2.55. The lowest BCUT2D eigenvalue weighted by atomic mass is 9.55. The van der Waals surface area contributed by atoms with Gasteiger partial charge >= 0.3 is 0 Å². The monoisotopic (exact) mass is 448 g/mol. The molecule has 0 amide bonds. The molecule has 0 unspecified atom stereocenters. The van der Waals surface area contributed by atoms with Gasteiger partial charge in [0.05, 0.1) is 18.8 Å². The third-order valence-electron chi connectivity index (χ3n) is 8.62.